The zero-order chi connectivity index (χ0) is 16.8. The van der Waals surface area contributed by atoms with Gasteiger partial charge in [-0.2, -0.15) is 0 Å². The molecule has 4 nitrogen and oxygen atoms in total. The fourth-order valence-electron chi connectivity index (χ4n) is 3.50. The Morgan fingerprint density at radius 1 is 0.840 bits per heavy atom. The quantitative estimate of drug-likeness (QED) is 0.729. The van der Waals surface area contributed by atoms with Crippen LogP contribution in [0.5, 0.6) is 17.2 Å². The van der Waals surface area contributed by atoms with Crippen molar-refractivity contribution in [3.8, 4) is 17.2 Å². The lowest BCUT2D eigenvalue weighted by atomic mass is 9.90. The van der Waals surface area contributed by atoms with E-state index < -0.39 is 6.10 Å². The van der Waals surface area contributed by atoms with Crippen molar-refractivity contribution in [2.45, 2.75) is 6.10 Å². The molecule has 0 aromatic heterocycles. The van der Waals surface area contributed by atoms with E-state index in [1.807, 2.05) is 54.6 Å². The Kier molecular flexibility index (Phi) is 3.18. The van der Waals surface area contributed by atoms with E-state index in [2.05, 4.69) is 0 Å². The Hall–Kier alpha value is -2.98. The molecule has 3 aromatic carbocycles. The Morgan fingerprint density at radius 3 is 2.44 bits per heavy atom. The van der Waals surface area contributed by atoms with Gasteiger partial charge in [0.1, 0.15) is 25.1 Å². The van der Waals surface area contributed by atoms with Crippen LogP contribution < -0.4 is 14.2 Å². The lowest BCUT2D eigenvalue weighted by molar-refractivity contribution is 0.173. The fraction of sp³-hybridized carbons (Fsp3) is 0.143. The summed E-state index contributed by atoms with van der Waals surface area (Å²) in [5.74, 6) is 2.02. The fourth-order valence-corrected chi connectivity index (χ4v) is 3.50. The first-order valence-electron chi connectivity index (χ1n) is 8.28. The molecule has 2 aliphatic rings. The van der Waals surface area contributed by atoms with Crippen molar-refractivity contribution in [3.05, 3.63) is 72.0 Å². The molecule has 4 heteroatoms. The van der Waals surface area contributed by atoms with E-state index in [1.165, 1.54) is 0 Å². The SMILES string of the molecule is OC1C(c2ccccc2)=COc2ccc3ccc4c(c3c21)OCCO4. The molecular formula is C21H16O4. The van der Waals surface area contributed by atoms with E-state index >= 15 is 0 Å². The number of rotatable bonds is 1. The summed E-state index contributed by atoms with van der Waals surface area (Å²) in [6.07, 6.45) is 0.827. The molecule has 25 heavy (non-hydrogen) atoms. The van der Waals surface area contributed by atoms with Crippen molar-refractivity contribution in [2.75, 3.05) is 13.2 Å². The van der Waals surface area contributed by atoms with Gasteiger partial charge in [-0.1, -0.05) is 42.5 Å². The van der Waals surface area contributed by atoms with Crippen LogP contribution in [0.1, 0.15) is 17.2 Å². The number of hydrogen-bond acceptors (Lipinski definition) is 4. The molecular weight excluding hydrogens is 316 g/mol. The van der Waals surface area contributed by atoms with E-state index in [9.17, 15) is 5.11 Å². The van der Waals surface area contributed by atoms with Crippen LogP contribution in [0.25, 0.3) is 16.3 Å². The monoisotopic (exact) mass is 332 g/mol. The average molecular weight is 332 g/mol. The standard InChI is InChI=1S/C21H16O4/c22-20-15(13-4-2-1-3-5-13)12-25-16-8-6-14-7-9-17-21(18(14)19(16)20)24-11-10-23-17/h1-9,12,20,22H,10-11H2. The second kappa shape index (κ2) is 5.53. The van der Waals surface area contributed by atoms with Gasteiger partial charge in [0, 0.05) is 16.5 Å². The molecule has 1 N–H and O–H groups in total. The summed E-state index contributed by atoms with van der Waals surface area (Å²) < 4.78 is 17.4. The Balaban J connectivity index is 1.74. The number of benzene rings is 3. The van der Waals surface area contributed by atoms with Crippen molar-refractivity contribution in [1.82, 2.24) is 0 Å². The third-order valence-electron chi connectivity index (χ3n) is 4.68. The maximum Gasteiger partial charge on any atom is 0.169 e. The number of ether oxygens (including phenoxy) is 3. The van der Waals surface area contributed by atoms with Gasteiger partial charge in [-0.3, -0.25) is 0 Å². The highest BCUT2D eigenvalue weighted by Gasteiger charge is 2.29. The topological polar surface area (TPSA) is 47.9 Å². The molecule has 2 heterocycles. The Morgan fingerprint density at radius 2 is 1.60 bits per heavy atom. The molecule has 5 rings (SSSR count). The van der Waals surface area contributed by atoms with Crippen LogP contribution in [-0.4, -0.2) is 18.3 Å². The smallest absolute Gasteiger partial charge is 0.169 e. The van der Waals surface area contributed by atoms with Gasteiger partial charge in [-0.05, 0) is 23.1 Å². The second-order valence-electron chi connectivity index (χ2n) is 6.12. The average Bonchev–Trinajstić information content (AvgIpc) is 2.68. The van der Waals surface area contributed by atoms with Gasteiger partial charge < -0.3 is 19.3 Å². The number of aliphatic hydroxyl groups is 1. The van der Waals surface area contributed by atoms with Gasteiger partial charge in [0.25, 0.3) is 0 Å². The van der Waals surface area contributed by atoms with Gasteiger partial charge >= 0.3 is 0 Å². The summed E-state index contributed by atoms with van der Waals surface area (Å²) in [5.41, 5.74) is 2.38. The van der Waals surface area contributed by atoms with Gasteiger partial charge in [0.15, 0.2) is 11.5 Å². The predicted octanol–water partition coefficient (Wildman–Crippen LogP) is 4.08. The van der Waals surface area contributed by atoms with Crippen LogP contribution in [0.2, 0.25) is 0 Å². The third kappa shape index (κ3) is 2.18. The zero-order valence-electron chi connectivity index (χ0n) is 13.4. The van der Waals surface area contributed by atoms with Crippen LogP contribution in [0.4, 0.5) is 0 Å². The highest BCUT2D eigenvalue weighted by molar-refractivity contribution is 5.97. The van der Waals surface area contributed by atoms with Crippen LogP contribution in [0.3, 0.4) is 0 Å². The van der Waals surface area contributed by atoms with Crippen molar-refractivity contribution in [1.29, 1.82) is 0 Å². The molecule has 0 fully saturated rings. The lowest BCUT2D eigenvalue weighted by Crippen LogP contribution is -2.17. The summed E-state index contributed by atoms with van der Waals surface area (Å²) in [6.45, 7) is 1.02. The van der Waals surface area contributed by atoms with Gasteiger partial charge in [0.05, 0.1) is 6.26 Å². The number of aliphatic hydroxyl groups excluding tert-OH is 1. The van der Waals surface area contributed by atoms with E-state index in [0.717, 1.165) is 27.5 Å². The number of hydrogen-bond donors (Lipinski definition) is 1. The Bertz CT molecular complexity index is 992. The first-order chi connectivity index (χ1) is 12.3. The van der Waals surface area contributed by atoms with Crippen LogP contribution in [0.15, 0.2) is 60.9 Å². The van der Waals surface area contributed by atoms with Crippen molar-refractivity contribution >= 4 is 16.3 Å². The largest absolute Gasteiger partial charge is 0.486 e. The highest BCUT2D eigenvalue weighted by Crippen LogP contribution is 2.48. The van der Waals surface area contributed by atoms with E-state index in [0.29, 0.717) is 30.5 Å². The molecule has 0 amide bonds. The molecule has 0 spiro atoms. The maximum absolute atomic E-state index is 11.1. The van der Waals surface area contributed by atoms with E-state index in [-0.39, 0.29) is 0 Å². The minimum atomic E-state index is -0.799. The normalized spacial score (nSPS) is 18.3. The minimum absolute atomic E-state index is 0.494. The lowest BCUT2D eigenvalue weighted by Gasteiger charge is -2.27. The summed E-state index contributed by atoms with van der Waals surface area (Å²) in [6, 6.07) is 17.5. The zero-order valence-corrected chi connectivity index (χ0v) is 13.4. The summed E-state index contributed by atoms with van der Waals surface area (Å²) in [7, 11) is 0. The molecule has 0 saturated carbocycles. The molecule has 2 aliphatic heterocycles. The first kappa shape index (κ1) is 14.4. The summed E-state index contributed by atoms with van der Waals surface area (Å²) in [5, 5.41) is 13.0. The van der Waals surface area contributed by atoms with Crippen LogP contribution in [-0.2, 0) is 0 Å². The third-order valence-corrected chi connectivity index (χ3v) is 4.68. The molecule has 124 valence electrons. The maximum atomic E-state index is 11.1. The first-order valence-corrected chi connectivity index (χ1v) is 8.28. The van der Waals surface area contributed by atoms with E-state index in [1.54, 1.807) is 6.26 Å². The minimum Gasteiger partial charge on any atom is -0.486 e. The molecule has 0 aliphatic carbocycles. The second-order valence-corrected chi connectivity index (χ2v) is 6.12. The van der Waals surface area contributed by atoms with Crippen molar-refractivity contribution in [2.24, 2.45) is 0 Å². The molecule has 0 saturated heterocycles. The highest BCUT2D eigenvalue weighted by atomic mass is 16.6. The summed E-state index contributed by atoms with van der Waals surface area (Å²) >= 11 is 0. The number of fused-ring (bicyclic) bond motifs is 5. The molecule has 0 bridgehead atoms. The molecule has 0 radical (unpaired) electrons. The van der Waals surface area contributed by atoms with Gasteiger partial charge in [-0.15, -0.1) is 0 Å². The van der Waals surface area contributed by atoms with Crippen molar-refractivity contribution in [3.63, 3.8) is 0 Å². The van der Waals surface area contributed by atoms with Crippen LogP contribution in [0, 0.1) is 0 Å². The van der Waals surface area contributed by atoms with Crippen LogP contribution >= 0.6 is 0 Å². The molecule has 3 aromatic rings. The molecule has 1 atom stereocenters. The van der Waals surface area contributed by atoms with E-state index in [4.69, 9.17) is 14.2 Å². The summed E-state index contributed by atoms with van der Waals surface area (Å²) in [4.78, 5) is 0. The van der Waals surface area contributed by atoms with Crippen molar-refractivity contribution < 1.29 is 19.3 Å². The predicted molar refractivity (Wildman–Crippen MR) is 94.9 cm³/mol. The Labute approximate surface area is 144 Å². The van der Waals surface area contributed by atoms with Gasteiger partial charge in [-0.25, -0.2) is 0 Å². The van der Waals surface area contributed by atoms with Gasteiger partial charge in [0.2, 0.25) is 0 Å². The molecule has 1 unspecified atom stereocenters.